The highest BCUT2D eigenvalue weighted by molar-refractivity contribution is 14.1. The number of methoxy groups -OCH3 is 1. The molecular weight excluding hydrogens is 455 g/mol. The van der Waals surface area contributed by atoms with Gasteiger partial charge in [0.15, 0.2) is 8.32 Å². The molecule has 3 atom stereocenters. The zero-order valence-electron chi connectivity index (χ0n) is 17.8. The van der Waals surface area contributed by atoms with Gasteiger partial charge in [0.05, 0.1) is 26.4 Å². The average molecular weight is 493 g/mol. The minimum absolute atomic E-state index is 0.222. The largest absolute Gasteiger partial charge is 0.497 e. The number of ether oxygens (including phenoxy) is 2. The van der Waals surface area contributed by atoms with Crippen molar-refractivity contribution >= 4 is 30.9 Å². The van der Waals surface area contributed by atoms with Gasteiger partial charge in [-0.3, -0.25) is 0 Å². The molecule has 26 heavy (non-hydrogen) atoms. The van der Waals surface area contributed by atoms with E-state index in [2.05, 4.69) is 82.4 Å². The van der Waals surface area contributed by atoms with Gasteiger partial charge in [0, 0.05) is 10.3 Å². The molecule has 1 rings (SSSR count). The summed E-state index contributed by atoms with van der Waals surface area (Å²) in [6, 6.07) is 8.06. The summed E-state index contributed by atoms with van der Waals surface area (Å²) in [6.07, 6.45) is 0.239. The van der Waals surface area contributed by atoms with Crippen molar-refractivity contribution in [2.24, 2.45) is 11.8 Å². The molecule has 0 saturated carbocycles. The highest BCUT2D eigenvalue weighted by Crippen LogP contribution is 2.39. The van der Waals surface area contributed by atoms with Crippen LogP contribution in [0.1, 0.15) is 40.2 Å². The fraction of sp³-hybridized carbons (Fsp3) is 0.714. The number of hydrogen-bond donors (Lipinski definition) is 0. The Kier molecular flexibility index (Phi) is 9.60. The Hall–Kier alpha value is -0.113. The second kappa shape index (κ2) is 10.4. The zero-order valence-corrected chi connectivity index (χ0v) is 20.9. The predicted octanol–water partition coefficient (Wildman–Crippen LogP) is 6.31. The van der Waals surface area contributed by atoms with Gasteiger partial charge in [0.25, 0.3) is 0 Å². The third-order valence-electron chi connectivity index (χ3n) is 5.41. The van der Waals surface area contributed by atoms with Crippen LogP contribution in [0, 0.1) is 11.8 Å². The number of alkyl halides is 1. The monoisotopic (exact) mass is 492 g/mol. The Bertz CT molecular complexity index is 525. The Morgan fingerprint density at radius 2 is 1.62 bits per heavy atom. The number of rotatable bonds is 10. The van der Waals surface area contributed by atoms with Crippen LogP contribution in [-0.2, 0) is 15.8 Å². The Morgan fingerprint density at radius 3 is 2.08 bits per heavy atom. The van der Waals surface area contributed by atoms with Gasteiger partial charge in [-0.15, -0.1) is 0 Å². The molecule has 0 aliphatic heterocycles. The standard InChI is InChI=1S/C21H37IO3Si/c1-16(13-22)20(25-26(7,8)21(3,4)5)17(2)14-24-15-18-9-11-19(23-6)12-10-18/h9-12,16-17,20H,13-15H2,1-8H3/t16-,17-,20+/m0/s1. The average Bonchev–Trinajstić information content (AvgIpc) is 2.58. The van der Waals surface area contributed by atoms with Gasteiger partial charge in [-0.05, 0) is 41.7 Å². The normalized spacial score (nSPS) is 16.2. The molecule has 0 spiro atoms. The first-order valence-corrected chi connectivity index (χ1v) is 13.9. The summed E-state index contributed by atoms with van der Waals surface area (Å²) >= 11 is 2.47. The van der Waals surface area contributed by atoms with Crippen LogP contribution in [0.25, 0.3) is 0 Å². The fourth-order valence-electron chi connectivity index (χ4n) is 2.58. The third kappa shape index (κ3) is 7.13. The van der Waals surface area contributed by atoms with E-state index in [1.165, 1.54) is 5.56 Å². The molecule has 150 valence electrons. The molecule has 0 unspecified atom stereocenters. The number of halogens is 1. The highest BCUT2D eigenvalue weighted by Gasteiger charge is 2.41. The van der Waals surface area contributed by atoms with Crippen molar-refractivity contribution < 1.29 is 13.9 Å². The van der Waals surface area contributed by atoms with Crippen molar-refractivity contribution in [3.63, 3.8) is 0 Å². The molecule has 0 aliphatic carbocycles. The van der Waals surface area contributed by atoms with Gasteiger partial charge in [-0.2, -0.15) is 0 Å². The molecule has 0 radical (unpaired) electrons. The van der Waals surface area contributed by atoms with Crippen LogP contribution in [0.3, 0.4) is 0 Å². The Labute approximate surface area is 175 Å². The van der Waals surface area contributed by atoms with E-state index >= 15 is 0 Å². The summed E-state index contributed by atoms with van der Waals surface area (Å²) in [4.78, 5) is 0. The predicted molar refractivity (Wildman–Crippen MR) is 122 cm³/mol. The summed E-state index contributed by atoms with van der Waals surface area (Å²) in [5, 5.41) is 0.222. The summed E-state index contributed by atoms with van der Waals surface area (Å²) in [5.41, 5.74) is 1.17. The molecule has 0 aliphatic rings. The maximum absolute atomic E-state index is 6.79. The van der Waals surface area contributed by atoms with E-state index in [0.29, 0.717) is 25.0 Å². The van der Waals surface area contributed by atoms with Crippen LogP contribution < -0.4 is 4.74 Å². The SMILES string of the molecule is COc1ccc(COC[C@H](C)[C@H](O[Si](C)(C)C(C)(C)C)[C@@H](C)CI)cc1. The lowest BCUT2D eigenvalue weighted by Crippen LogP contribution is -2.48. The van der Waals surface area contributed by atoms with Gasteiger partial charge in [0.1, 0.15) is 5.75 Å². The maximum atomic E-state index is 6.79. The minimum Gasteiger partial charge on any atom is -0.497 e. The number of benzene rings is 1. The van der Waals surface area contributed by atoms with E-state index in [9.17, 15) is 0 Å². The fourth-order valence-corrected chi connectivity index (χ4v) is 4.58. The van der Waals surface area contributed by atoms with Crippen molar-refractivity contribution in [1.29, 1.82) is 0 Å². The topological polar surface area (TPSA) is 27.7 Å². The second-order valence-corrected chi connectivity index (χ2v) is 14.5. The van der Waals surface area contributed by atoms with Crippen LogP contribution in [0.4, 0.5) is 0 Å². The quantitative estimate of drug-likeness (QED) is 0.218. The first-order valence-electron chi connectivity index (χ1n) is 9.46. The van der Waals surface area contributed by atoms with Crippen molar-refractivity contribution in [1.82, 2.24) is 0 Å². The first-order chi connectivity index (χ1) is 12.0. The molecule has 0 aromatic heterocycles. The first kappa shape index (κ1) is 23.9. The molecule has 0 fully saturated rings. The van der Waals surface area contributed by atoms with Crippen molar-refractivity contribution in [3.8, 4) is 5.75 Å². The third-order valence-corrected chi connectivity index (χ3v) is 11.3. The van der Waals surface area contributed by atoms with Crippen LogP contribution in [-0.4, -0.2) is 32.6 Å². The van der Waals surface area contributed by atoms with E-state index in [1.807, 2.05) is 12.1 Å². The summed E-state index contributed by atoms with van der Waals surface area (Å²) in [7, 11) is -0.112. The molecule has 1 aromatic carbocycles. The Balaban J connectivity index is 2.66. The van der Waals surface area contributed by atoms with Gasteiger partial charge >= 0.3 is 0 Å². The van der Waals surface area contributed by atoms with Crippen LogP contribution >= 0.6 is 22.6 Å². The van der Waals surface area contributed by atoms with Gasteiger partial charge in [0.2, 0.25) is 0 Å². The molecule has 5 heteroatoms. The van der Waals surface area contributed by atoms with Crippen molar-refractivity contribution in [2.75, 3.05) is 18.1 Å². The smallest absolute Gasteiger partial charge is 0.192 e. The summed E-state index contributed by atoms with van der Waals surface area (Å²) < 4.78 is 19.1. The lowest BCUT2D eigenvalue weighted by molar-refractivity contribution is 0.0158. The van der Waals surface area contributed by atoms with Crippen LogP contribution in [0.15, 0.2) is 24.3 Å². The van der Waals surface area contributed by atoms with E-state index in [-0.39, 0.29) is 11.1 Å². The van der Waals surface area contributed by atoms with E-state index < -0.39 is 8.32 Å². The van der Waals surface area contributed by atoms with Crippen molar-refractivity contribution in [3.05, 3.63) is 29.8 Å². The van der Waals surface area contributed by atoms with Crippen molar-refractivity contribution in [2.45, 2.75) is 65.5 Å². The molecule has 0 heterocycles. The molecule has 0 amide bonds. The van der Waals surface area contributed by atoms with Crippen LogP contribution in [0.2, 0.25) is 18.1 Å². The summed E-state index contributed by atoms with van der Waals surface area (Å²) in [6.45, 7) is 17.5. The van der Waals surface area contributed by atoms with E-state index in [0.717, 1.165) is 10.2 Å². The van der Waals surface area contributed by atoms with Gasteiger partial charge < -0.3 is 13.9 Å². The molecule has 0 saturated heterocycles. The molecule has 3 nitrogen and oxygen atoms in total. The lowest BCUT2D eigenvalue weighted by atomic mass is 9.96. The molecular formula is C21H37IO3Si. The highest BCUT2D eigenvalue weighted by atomic mass is 127. The summed E-state index contributed by atoms with van der Waals surface area (Å²) in [5.74, 6) is 1.76. The van der Waals surface area contributed by atoms with Gasteiger partial charge in [-0.1, -0.05) is 69.3 Å². The lowest BCUT2D eigenvalue weighted by Gasteiger charge is -2.42. The van der Waals surface area contributed by atoms with E-state index in [4.69, 9.17) is 13.9 Å². The minimum atomic E-state index is -1.80. The molecule has 0 N–H and O–H groups in total. The molecule has 0 bridgehead atoms. The Morgan fingerprint density at radius 1 is 1.04 bits per heavy atom. The zero-order chi connectivity index (χ0) is 20.0. The van der Waals surface area contributed by atoms with Crippen LogP contribution in [0.5, 0.6) is 5.75 Å². The second-order valence-electron chi connectivity index (χ2n) is 8.81. The molecule has 1 aromatic rings. The maximum Gasteiger partial charge on any atom is 0.192 e. The van der Waals surface area contributed by atoms with Gasteiger partial charge in [-0.25, -0.2) is 0 Å². The van der Waals surface area contributed by atoms with E-state index in [1.54, 1.807) is 7.11 Å². The number of hydrogen-bond acceptors (Lipinski definition) is 3.